The highest BCUT2D eigenvalue weighted by Gasteiger charge is 2.17. The smallest absolute Gasteiger partial charge is 0.249 e. The van der Waals surface area contributed by atoms with E-state index in [1.54, 1.807) is 0 Å². The molecule has 0 saturated carbocycles. The van der Waals surface area contributed by atoms with Crippen molar-refractivity contribution in [3.63, 3.8) is 0 Å². The first-order valence-electron chi connectivity index (χ1n) is 6.02. The zero-order valence-electron chi connectivity index (χ0n) is 12.3. The third-order valence-electron chi connectivity index (χ3n) is 2.22. The molecule has 20 heavy (non-hydrogen) atoms. The quantitative estimate of drug-likeness (QED) is 0.881. The van der Waals surface area contributed by atoms with Crippen LogP contribution in [0.3, 0.4) is 0 Å². The van der Waals surface area contributed by atoms with Crippen molar-refractivity contribution in [3.05, 3.63) is 16.1 Å². The van der Waals surface area contributed by atoms with Crippen LogP contribution in [0.4, 0.5) is 0 Å². The molecule has 1 aromatic heterocycles. The number of rotatable bonds is 5. The minimum absolute atomic E-state index is 0.0144. The van der Waals surface area contributed by atoms with Crippen molar-refractivity contribution in [3.8, 4) is 0 Å². The Hall–Kier alpha value is -0.510. The Labute approximate surface area is 125 Å². The van der Waals surface area contributed by atoms with Crippen molar-refractivity contribution in [2.24, 2.45) is 3.77 Å². The zero-order valence-corrected chi connectivity index (χ0v) is 14.8. The fraction of sp³-hybridized carbons (Fsp3) is 0.727. The number of nitrogens with zero attached hydrogens (tertiary/aromatic N) is 2. The number of nitrogens with one attached hydrogen (secondary N) is 1. The van der Waals surface area contributed by atoms with Crippen LogP contribution in [0.1, 0.15) is 31.5 Å². The second-order valence-electron chi connectivity index (χ2n) is 5.75. The topological polar surface area (TPSA) is 88.5 Å². The average Bonchev–Trinajstić information content (AvgIpc) is 2.60. The predicted molar refractivity (Wildman–Crippen MR) is 83.9 cm³/mol. The molecule has 0 radical (unpaired) electrons. The molecule has 0 bridgehead atoms. The van der Waals surface area contributed by atoms with E-state index in [0.717, 1.165) is 10.7 Å². The predicted octanol–water partition coefficient (Wildman–Crippen LogP) is 1.55. The summed E-state index contributed by atoms with van der Waals surface area (Å²) in [5, 5.41) is 2.85. The van der Waals surface area contributed by atoms with Gasteiger partial charge in [-0.25, -0.2) is 9.19 Å². The maximum atomic E-state index is 11.5. The van der Waals surface area contributed by atoms with E-state index in [4.69, 9.17) is 0 Å². The summed E-state index contributed by atoms with van der Waals surface area (Å²) in [5.74, 6) is 0. The summed E-state index contributed by atoms with van der Waals surface area (Å²) in [5.41, 5.74) is 0.981. The summed E-state index contributed by atoms with van der Waals surface area (Å²) in [6.07, 6.45) is 3.05. The lowest BCUT2D eigenvalue weighted by Crippen LogP contribution is -2.25. The molecule has 0 spiro atoms. The highest BCUT2D eigenvalue weighted by Crippen LogP contribution is 2.23. The fourth-order valence-corrected chi connectivity index (χ4v) is 4.81. The van der Waals surface area contributed by atoms with E-state index < -0.39 is 19.9 Å². The molecule has 0 unspecified atom stereocenters. The van der Waals surface area contributed by atoms with Crippen molar-refractivity contribution < 1.29 is 12.6 Å². The summed E-state index contributed by atoms with van der Waals surface area (Å²) in [7, 11) is -6.54. The average molecular weight is 340 g/mol. The zero-order chi connectivity index (χ0) is 15.6. The molecular formula is C11H21N3O3S3. The minimum atomic E-state index is -3.85. The van der Waals surface area contributed by atoms with Gasteiger partial charge in [-0.3, -0.25) is 0 Å². The van der Waals surface area contributed by atoms with Gasteiger partial charge in [-0.15, -0.1) is 11.3 Å². The summed E-state index contributed by atoms with van der Waals surface area (Å²) in [6.45, 7) is 6.42. The molecule has 1 aromatic rings. The van der Waals surface area contributed by atoms with Gasteiger partial charge in [0, 0.05) is 36.3 Å². The molecule has 1 N–H and O–H groups in total. The van der Waals surface area contributed by atoms with Crippen molar-refractivity contribution >= 4 is 31.3 Å². The summed E-state index contributed by atoms with van der Waals surface area (Å²) in [4.78, 5) is 4.47. The van der Waals surface area contributed by atoms with Gasteiger partial charge in [-0.1, -0.05) is 24.5 Å². The molecule has 0 aliphatic carbocycles. The molecule has 1 heterocycles. The lowest BCUT2D eigenvalue weighted by molar-refractivity contribution is 0.569. The molecule has 1 rings (SSSR count). The van der Waals surface area contributed by atoms with E-state index in [-0.39, 0.29) is 12.0 Å². The second-order valence-corrected chi connectivity index (χ2v) is 10.9. The molecule has 116 valence electrons. The summed E-state index contributed by atoms with van der Waals surface area (Å²) >= 11 is 1.51. The van der Waals surface area contributed by atoms with Gasteiger partial charge < -0.3 is 0 Å². The molecule has 0 aliphatic rings. The van der Waals surface area contributed by atoms with E-state index >= 15 is 0 Å². The number of hydrogen-bond acceptors (Lipinski definition) is 5. The molecule has 0 aliphatic heterocycles. The fourth-order valence-electron chi connectivity index (χ4n) is 1.32. The van der Waals surface area contributed by atoms with Gasteiger partial charge >= 0.3 is 10.2 Å². The molecule has 6 nitrogen and oxygen atoms in total. The molecule has 0 fully saturated rings. The van der Waals surface area contributed by atoms with Crippen LogP contribution < -0.4 is 4.72 Å². The van der Waals surface area contributed by atoms with Crippen molar-refractivity contribution in [2.75, 3.05) is 19.1 Å². The first-order chi connectivity index (χ1) is 8.89. The van der Waals surface area contributed by atoms with Crippen LogP contribution in [-0.4, -0.2) is 36.7 Å². The summed E-state index contributed by atoms with van der Waals surface area (Å²) < 4.78 is 40.0. The van der Waals surface area contributed by atoms with E-state index in [2.05, 4.69) is 34.2 Å². The van der Waals surface area contributed by atoms with Crippen LogP contribution in [0.15, 0.2) is 9.15 Å². The standard InChI is InChI=1S/C11H21N3O3S3/c1-11(2,3)9-8-18-10(13-9)6-7-12-20(16,17)14-19(4,5)15/h8,12H,6-7H2,1-5H3. The number of hydrogen-bond donors (Lipinski definition) is 1. The third kappa shape index (κ3) is 6.29. The van der Waals surface area contributed by atoms with Gasteiger partial charge in [0.15, 0.2) is 0 Å². The van der Waals surface area contributed by atoms with Crippen LogP contribution in [0.25, 0.3) is 0 Å². The molecular weight excluding hydrogens is 318 g/mol. The van der Waals surface area contributed by atoms with Crippen molar-refractivity contribution in [1.82, 2.24) is 9.71 Å². The lowest BCUT2D eigenvalue weighted by atomic mass is 9.93. The van der Waals surface area contributed by atoms with Crippen LogP contribution in [-0.2, 0) is 31.8 Å². The Morgan fingerprint density at radius 3 is 2.35 bits per heavy atom. The Morgan fingerprint density at radius 2 is 1.90 bits per heavy atom. The number of aromatic nitrogens is 1. The molecule has 0 saturated heterocycles. The molecule has 0 amide bonds. The first-order valence-corrected chi connectivity index (χ1v) is 10.7. The van der Waals surface area contributed by atoms with Crippen LogP contribution in [0, 0.1) is 0 Å². The normalized spacial score (nSPS) is 13.4. The van der Waals surface area contributed by atoms with E-state index in [9.17, 15) is 12.6 Å². The SMILES string of the molecule is CC(C)(C)c1csc(CCNS(=O)(=O)N=S(C)(C)=O)n1. The molecule has 0 aromatic carbocycles. The second kappa shape index (κ2) is 6.08. The number of thiazole rings is 1. The monoisotopic (exact) mass is 339 g/mol. The van der Waals surface area contributed by atoms with E-state index in [1.165, 1.54) is 23.8 Å². The minimum Gasteiger partial charge on any atom is -0.249 e. The Balaban J connectivity index is 2.62. The highest BCUT2D eigenvalue weighted by molar-refractivity contribution is 8.01. The van der Waals surface area contributed by atoms with Gasteiger partial charge in [0.2, 0.25) is 0 Å². The van der Waals surface area contributed by atoms with Crippen LogP contribution >= 0.6 is 11.3 Å². The van der Waals surface area contributed by atoms with E-state index in [1.807, 2.05) is 5.38 Å². The first kappa shape index (κ1) is 17.5. The lowest BCUT2D eigenvalue weighted by Gasteiger charge is -2.14. The third-order valence-corrected chi connectivity index (χ3v) is 5.92. The Morgan fingerprint density at radius 1 is 1.30 bits per heavy atom. The van der Waals surface area contributed by atoms with Gasteiger partial charge in [0.05, 0.1) is 20.4 Å². The van der Waals surface area contributed by atoms with Gasteiger partial charge in [0.25, 0.3) is 0 Å². The van der Waals surface area contributed by atoms with Crippen LogP contribution in [0.5, 0.6) is 0 Å². The van der Waals surface area contributed by atoms with Crippen molar-refractivity contribution in [1.29, 1.82) is 0 Å². The Kier molecular flexibility index (Phi) is 5.34. The highest BCUT2D eigenvalue weighted by atomic mass is 32.3. The van der Waals surface area contributed by atoms with E-state index in [0.29, 0.717) is 6.42 Å². The van der Waals surface area contributed by atoms with Crippen molar-refractivity contribution in [2.45, 2.75) is 32.6 Å². The van der Waals surface area contributed by atoms with Gasteiger partial charge in [0.1, 0.15) is 0 Å². The molecule has 9 heteroatoms. The van der Waals surface area contributed by atoms with Gasteiger partial charge in [-0.2, -0.15) is 13.1 Å². The largest absolute Gasteiger partial charge is 0.327 e. The maximum Gasteiger partial charge on any atom is 0.327 e. The van der Waals surface area contributed by atoms with Crippen LogP contribution in [0.2, 0.25) is 0 Å². The molecule has 0 atom stereocenters. The van der Waals surface area contributed by atoms with Gasteiger partial charge in [-0.05, 0) is 0 Å². The summed E-state index contributed by atoms with van der Waals surface area (Å²) in [6, 6.07) is 0. The Bertz CT molecular complexity index is 669. The maximum absolute atomic E-state index is 11.5.